The second-order valence-corrected chi connectivity index (χ2v) is 3.31. The molecule has 1 aromatic heterocycles. The van der Waals surface area contributed by atoms with Crippen molar-refractivity contribution in [1.82, 2.24) is 10.3 Å². The van der Waals surface area contributed by atoms with Crippen molar-refractivity contribution in [2.45, 2.75) is 19.3 Å². The first-order valence-corrected chi connectivity index (χ1v) is 5.10. The molecule has 1 rings (SSSR count). The molecule has 0 bridgehead atoms. The van der Waals surface area contributed by atoms with E-state index >= 15 is 0 Å². The lowest BCUT2D eigenvalue weighted by Gasteiger charge is -2.05. The Morgan fingerprint density at radius 2 is 2.38 bits per heavy atom. The highest BCUT2D eigenvalue weighted by Gasteiger charge is 2.09. The van der Waals surface area contributed by atoms with Crippen molar-refractivity contribution < 1.29 is 9.90 Å². The molecule has 0 atom stereocenters. The average Bonchev–Trinajstić information content (AvgIpc) is 2.29. The van der Waals surface area contributed by atoms with E-state index in [1.54, 1.807) is 0 Å². The van der Waals surface area contributed by atoms with Gasteiger partial charge >= 0.3 is 0 Å². The van der Waals surface area contributed by atoms with Crippen LogP contribution < -0.4 is 5.32 Å². The number of terminal acetylenes is 1. The Hall–Kier alpha value is -2.02. The molecule has 1 aromatic rings. The number of hydrogen-bond acceptors (Lipinski definition) is 3. The molecule has 4 nitrogen and oxygen atoms in total. The van der Waals surface area contributed by atoms with Crippen molar-refractivity contribution in [1.29, 1.82) is 0 Å². The molecule has 0 unspecified atom stereocenters. The van der Waals surface area contributed by atoms with E-state index in [-0.39, 0.29) is 17.2 Å². The fourth-order valence-electron chi connectivity index (χ4n) is 1.23. The lowest BCUT2D eigenvalue weighted by molar-refractivity contribution is 0.0950. The van der Waals surface area contributed by atoms with Gasteiger partial charge in [-0.05, 0) is 18.9 Å². The van der Waals surface area contributed by atoms with Crippen LogP contribution in [0.2, 0.25) is 0 Å². The third-order valence-electron chi connectivity index (χ3n) is 2.08. The van der Waals surface area contributed by atoms with E-state index in [4.69, 9.17) is 6.42 Å². The summed E-state index contributed by atoms with van der Waals surface area (Å²) in [5, 5.41) is 12.1. The van der Waals surface area contributed by atoms with Crippen molar-refractivity contribution in [2.75, 3.05) is 6.54 Å². The molecule has 1 amide bonds. The number of aromatic nitrogens is 1. The Morgan fingerprint density at radius 3 is 3.06 bits per heavy atom. The molecule has 16 heavy (non-hydrogen) atoms. The molecule has 84 valence electrons. The molecule has 0 radical (unpaired) electrons. The highest BCUT2D eigenvalue weighted by atomic mass is 16.3. The predicted molar refractivity (Wildman–Crippen MR) is 60.9 cm³/mol. The van der Waals surface area contributed by atoms with Gasteiger partial charge in [0.1, 0.15) is 5.75 Å². The van der Waals surface area contributed by atoms with E-state index in [2.05, 4.69) is 16.2 Å². The lowest BCUT2D eigenvalue weighted by Crippen LogP contribution is -2.24. The molecule has 0 saturated heterocycles. The molecule has 0 fully saturated rings. The minimum Gasteiger partial charge on any atom is -0.505 e. The standard InChI is InChI=1S/C12H14N2O2/c1-2-3-4-5-7-14-12(16)10-6-8-13-9-11(10)15/h1,6,8-9,15H,3-5,7H2,(H,14,16). The molecule has 2 N–H and O–H groups in total. The number of carbonyl (C=O) groups is 1. The minimum absolute atomic E-state index is 0.108. The van der Waals surface area contributed by atoms with Gasteiger partial charge in [-0.2, -0.15) is 0 Å². The summed E-state index contributed by atoms with van der Waals surface area (Å²) in [7, 11) is 0. The normalized spacial score (nSPS) is 9.44. The molecule has 0 aliphatic heterocycles. The van der Waals surface area contributed by atoms with Crippen molar-refractivity contribution in [3.8, 4) is 18.1 Å². The number of amides is 1. The predicted octanol–water partition coefficient (Wildman–Crippen LogP) is 1.32. The van der Waals surface area contributed by atoms with Gasteiger partial charge in [0.05, 0.1) is 11.8 Å². The summed E-state index contributed by atoms with van der Waals surface area (Å²) in [5.41, 5.74) is 0.243. The van der Waals surface area contributed by atoms with Crippen LogP contribution in [0, 0.1) is 12.3 Å². The summed E-state index contributed by atoms with van der Waals surface area (Å²) in [5.74, 6) is 2.14. The number of aromatic hydroxyl groups is 1. The topological polar surface area (TPSA) is 62.2 Å². The van der Waals surface area contributed by atoms with Gasteiger partial charge in [0.2, 0.25) is 0 Å². The molecular formula is C12H14N2O2. The molecule has 0 aliphatic carbocycles. The smallest absolute Gasteiger partial charge is 0.255 e. The van der Waals surface area contributed by atoms with Crippen LogP contribution in [-0.2, 0) is 0 Å². The Morgan fingerprint density at radius 1 is 1.56 bits per heavy atom. The quantitative estimate of drug-likeness (QED) is 0.578. The molecule has 4 heteroatoms. The number of unbranched alkanes of at least 4 members (excludes halogenated alkanes) is 2. The number of nitrogens with zero attached hydrogens (tertiary/aromatic N) is 1. The summed E-state index contributed by atoms with van der Waals surface area (Å²) in [6, 6.07) is 1.48. The van der Waals surface area contributed by atoms with E-state index in [0.29, 0.717) is 6.54 Å². The Kier molecular flexibility index (Phi) is 4.87. The Balaban J connectivity index is 2.36. The Labute approximate surface area is 94.7 Å². The van der Waals surface area contributed by atoms with Gasteiger partial charge in [-0.15, -0.1) is 12.3 Å². The largest absolute Gasteiger partial charge is 0.505 e. The minimum atomic E-state index is -0.291. The van der Waals surface area contributed by atoms with E-state index < -0.39 is 0 Å². The second kappa shape index (κ2) is 6.46. The van der Waals surface area contributed by atoms with Crippen LogP contribution in [-0.4, -0.2) is 22.5 Å². The molecule has 0 spiro atoms. The van der Waals surface area contributed by atoms with E-state index in [1.165, 1.54) is 18.5 Å². The van der Waals surface area contributed by atoms with Crippen LogP contribution in [0.4, 0.5) is 0 Å². The van der Waals surface area contributed by atoms with E-state index in [9.17, 15) is 9.90 Å². The SMILES string of the molecule is C#CCCCCNC(=O)c1ccncc1O. The zero-order chi connectivity index (χ0) is 11.8. The third kappa shape index (κ3) is 3.62. The van der Waals surface area contributed by atoms with Gasteiger partial charge < -0.3 is 10.4 Å². The number of nitrogens with one attached hydrogen (secondary N) is 1. The number of pyridine rings is 1. The van der Waals surface area contributed by atoms with E-state index in [1.807, 2.05) is 0 Å². The molecular weight excluding hydrogens is 204 g/mol. The van der Waals surface area contributed by atoms with Crippen LogP contribution in [0.15, 0.2) is 18.5 Å². The van der Waals surface area contributed by atoms with Gasteiger partial charge in [0, 0.05) is 19.2 Å². The lowest BCUT2D eigenvalue weighted by atomic mass is 10.2. The Bertz CT molecular complexity index is 396. The van der Waals surface area contributed by atoms with Gasteiger partial charge in [-0.3, -0.25) is 9.78 Å². The number of hydrogen-bond donors (Lipinski definition) is 2. The van der Waals surface area contributed by atoms with Crippen molar-refractivity contribution >= 4 is 5.91 Å². The third-order valence-corrected chi connectivity index (χ3v) is 2.08. The van der Waals surface area contributed by atoms with Gasteiger partial charge in [0.25, 0.3) is 5.91 Å². The zero-order valence-corrected chi connectivity index (χ0v) is 8.94. The summed E-state index contributed by atoms with van der Waals surface area (Å²) >= 11 is 0. The first kappa shape index (κ1) is 12.1. The van der Waals surface area contributed by atoms with Crippen LogP contribution in [0.5, 0.6) is 5.75 Å². The monoisotopic (exact) mass is 218 g/mol. The average molecular weight is 218 g/mol. The molecule has 1 heterocycles. The molecule has 0 saturated carbocycles. The van der Waals surface area contributed by atoms with Crippen molar-refractivity contribution in [3.63, 3.8) is 0 Å². The number of carbonyl (C=O) groups excluding carboxylic acids is 1. The summed E-state index contributed by atoms with van der Waals surface area (Å²) in [4.78, 5) is 15.3. The highest BCUT2D eigenvalue weighted by Crippen LogP contribution is 2.13. The van der Waals surface area contributed by atoms with Crippen LogP contribution >= 0.6 is 0 Å². The van der Waals surface area contributed by atoms with Crippen molar-refractivity contribution in [2.24, 2.45) is 0 Å². The van der Waals surface area contributed by atoms with Gasteiger partial charge in [0.15, 0.2) is 0 Å². The first-order chi connectivity index (χ1) is 7.75. The van der Waals surface area contributed by atoms with Crippen LogP contribution in [0.25, 0.3) is 0 Å². The number of rotatable bonds is 5. The molecule has 0 aromatic carbocycles. The van der Waals surface area contributed by atoms with Crippen LogP contribution in [0.1, 0.15) is 29.6 Å². The van der Waals surface area contributed by atoms with Crippen molar-refractivity contribution in [3.05, 3.63) is 24.0 Å². The summed E-state index contributed by atoms with van der Waals surface area (Å²) in [6.45, 7) is 0.558. The summed E-state index contributed by atoms with van der Waals surface area (Å²) < 4.78 is 0. The molecule has 0 aliphatic rings. The summed E-state index contributed by atoms with van der Waals surface area (Å²) in [6.07, 6.45) is 10.3. The first-order valence-electron chi connectivity index (χ1n) is 5.10. The maximum Gasteiger partial charge on any atom is 0.255 e. The zero-order valence-electron chi connectivity index (χ0n) is 8.94. The second-order valence-electron chi connectivity index (χ2n) is 3.31. The highest BCUT2D eigenvalue weighted by molar-refractivity contribution is 5.96. The van der Waals surface area contributed by atoms with Crippen LogP contribution in [0.3, 0.4) is 0 Å². The fourth-order valence-corrected chi connectivity index (χ4v) is 1.23. The maximum absolute atomic E-state index is 11.6. The van der Waals surface area contributed by atoms with Gasteiger partial charge in [-0.1, -0.05) is 0 Å². The maximum atomic E-state index is 11.6. The fraction of sp³-hybridized carbons (Fsp3) is 0.333. The van der Waals surface area contributed by atoms with E-state index in [0.717, 1.165) is 19.3 Å². The van der Waals surface area contributed by atoms with Gasteiger partial charge in [-0.25, -0.2) is 0 Å².